The van der Waals surface area contributed by atoms with Crippen molar-refractivity contribution in [2.24, 2.45) is 0 Å². The van der Waals surface area contributed by atoms with Crippen LogP contribution < -0.4 is 5.32 Å². The third-order valence-corrected chi connectivity index (χ3v) is 9.24. The van der Waals surface area contributed by atoms with Crippen LogP contribution in [-0.2, 0) is 15.6 Å². The van der Waals surface area contributed by atoms with Gasteiger partial charge in [-0.1, -0.05) is 0 Å². The van der Waals surface area contributed by atoms with E-state index in [-0.39, 0.29) is 25.3 Å². The van der Waals surface area contributed by atoms with Crippen LogP contribution in [0.15, 0.2) is 60.8 Å². The molecule has 0 atom stereocenters. The average molecular weight is 547 g/mol. The number of thiophene rings is 1. The Morgan fingerprint density at radius 1 is 1.16 bits per heavy atom. The summed E-state index contributed by atoms with van der Waals surface area (Å²) in [5.41, 5.74) is 3.25. The Bertz CT molecular complexity index is 1750. The van der Waals surface area contributed by atoms with Crippen molar-refractivity contribution in [3.63, 3.8) is 0 Å². The Labute approximate surface area is 222 Å². The quantitative estimate of drug-likeness (QED) is 0.310. The van der Waals surface area contributed by atoms with Crippen LogP contribution in [0.4, 0.5) is 11.6 Å². The molecule has 4 aromatic heterocycles. The predicted octanol–water partition coefficient (Wildman–Crippen LogP) is 3.15. The molecule has 0 bridgehead atoms. The number of hydrogen-bond donors (Lipinski definition) is 1. The lowest BCUT2D eigenvalue weighted by Crippen LogP contribution is -2.64. The molecule has 5 heterocycles. The summed E-state index contributed by atoms with van der Waals surface area (Å²) in [6.45, 7) is 2.05. The SMILES string of the molecule is CCS(=O)(=O)N1CC(CC#N)(n2cc(-c3nc(Nc4ccc(-n5cncn5)cc4)nc4ccsc34)cn2)C1. The van der Waals surface area contributed by atoms with Crippen molar-refractivity contribution in [2.75, 3.05) is 24.2 Å². The van der Waals surface area contributed by atoms with Crippen LogP contribution in [0, 0.1) is 11.3 Å². The van der Waals surface area contributed by atoms with Crippen molar-refractivity contribution in [3.05, 3.63) is 60.8 Å². The molecule has 1 aromatic carbocycles. The van der Waals surface area contributed by atoms with Crippen LogP contribution in [0.25, 0.3) is 27.2 Å². The summed E-state index contributed by atoms with van der Waals surface area (Å²) in [6.07, 6.45) is 6.81. The molecule has 38 heavy (non-hydrogen) atoms. The molecule has 0 radical (unpaired) electrons. The van der Waals surface area contributed by atoms with Crippen molar-refractivity contribution >= 4 is 43.2 Å². The Hall–Kier alpha value is -4.19. The third-order valence-electron chi connectivity index (χ3n) is 6.56. The van der Waals surface area contributed by atoms with Crippen LogP contribution in [0.5, 0.6) is 0 Å². The Kier molecular flexibility index (Phi) is 5.90. The Balaban J connectivity index is 1.30. The van der Waals surface area contributed by atoms with Crippen LogP contribution in [0.3, 0.4) is 0 Å². The first-order valence-corrected chi connectivity index (χ1v) is 14.3. The lowest BCUT2D eigenvalue weighted by molar-refractivity contribution is 0.0719. The molecule has 1 aliphatic heterocycles. The molecule has 5 aromatic rings. The topological polar surface area (TPSA) is 148 Å². The molecule has 6 rings (SSSR count). The number of anilines is 2. The van der Waals surface area contributed by atoms with Crippen molar-refractivity contribution in [2.45, 2.75) is 18.9 Å². The van der Waals surface area contributed by atoms with Gasteiger partial charge in [0.1, 0.15) is 18.2 Å². The summed E-state index contributed by atoms with van der Waals surface area (Å²) in [4.78, 5) is 13.4. The van der Waals surface area contributed by atoms with E-state index in [1.807, 2.05) is 41.9 Å². The summed E-state index contributed by atoms with van der Waals surface area (Å²) in [6, 6.07) is 11.8. The van der Waals surface area contributed by atoms with Crippen LogP contribution in [0.1, 0.15) is 13.3 Å². The van der Waals surface area contributed by atoms with Crippen molar-refractivity contribution in [1.82, 2.24) is 38.8 Å². The van der Waals surface area contributed by atoms with E-state index in [2.05, 4.69) is 31.6 Å². The normalized spacial score (nSPS) is 15.3. The maximum atomic E-state index is 12.3. The van der Waals surface area contributed by atoms with Gasteiger partial charge in [-0.25, -0.2) is 28.1 Å². The standard InChI is InChI=1S/C24H22N10O2S2/c1-2-38(35,36)32-13-24(14-32,8-9-25)34-12-17(11-27-34)21-22-20(7-10-37-22)30-23(31-21)29-18-3-5-19(6-4-18)33-16-26-15-28-33/h3-7,10-12,15-16H,2,8,13-14H2,1H3,(H,29,30,31). The molecule has 192 valence electrons. The second-order valence-electron chi connectivity index (χ2n) is 8.94. The van der Waals surface area contributed by atoms with Gasteiger partial charge in [0, 0.05) is 30.5 Å². The van der Waals surface area contributed by atoms with Crippen LogP contribution in [0.2, 0.25) is 0 Å². The van der Waals surface area contributed by atoms with Gasteiger partial charge in [-0.2, -0.15) is 19.8 Å². The first-order valence-electron chi connectivity index (χ1n) is 11.8. The predicted molar refractivity (Wildman–Crippen MR) is 143 cm³/mol. The fraction of sp³-hybridized carbons (Fsp3) is 0.250. The van der Waals surface area contributed by atoms with Gasteiger partial charge in [0.25, 0.3) is 0 Å². The van der Waals surface area contributed by atoms with E-state index in [1.54, 1.807) is 28.8 Å². The lowest BCUT2D eigenvalue weighted by Gasteiger charge is -2.47. The van der Waals surface area contributed by atoms with E-state index < -0.39 is 15.6 Å². The van der Waals surface area contributed by atoms with Crippen LogP contribution in [-0.4, -0.2) is 66.1 Å². The molecule has 12 nitrogen and oxygen atoms in total. The van der Waals surface area contributed by atoms with Gasteiger partial charge in [-0.05, 0) is 42.6 Å². The molecule has 0 spiro atoms. The maximum Gasteiger partial charge on any atom is 0.228 e. The smallest absolute Gasteiger partial charge is 0.228 e. The largest absolute Gasteiger partial charge is 0.324 e. The summed E-state index contributed by atoms with van der Waals surface area (Å²) in [5, 5.41) is 23.4. The Morgan fingerprint density at radius 3 is 2.68 bits per heavy atom. The molecule has 1 aliphatic rings. The molecule has 0 aliphatic carbocycles. The third kappa shape index (κ3) is 4.20. The number of nitriles is 1. The highest BCUT2D eigenvalue weighted by atomic mass is 32.2. The fourth-order valence-electron chi connectivity index (χ4n) is 4.46. The molecule has 1 fully saturated rings. The zero-order chi connectivity index (χ0) is 26.3. The second kappa shape index (κ2) is 9.28. The van der Waals surface area contributed by atoms with Crippen LogP contribution >= 0.6 is 11.3 Å². The van der Waals surface area contributed by atoms with Crippen molar-refractivity contribution < 1.29 is 8.42 Å². The molecular formula is C24H22N10O2S2. The van der Waals surface area contributed by atoms with E-state index in [9.17, 15) is 13.7 Å². The van der Waals surface area contributed by atoms with Gasteiger partial charge >= 0.3 is 0 Å². The highest BCUT2D eigenvalue weighted by Crippen LogP contribution is 2.37. The zero-order valence-electron chi connectivity index (χ0n) is 20.3. The van der Waals surface area contributed by atoms with Crippen molar-refractivity contribution in [3.8, 4) is 23.0 Å². The first kappa shape index (κ1) is 24.2. The number of sulfonamides is 1. The average Bonchev–Trinajstić information content (AvgIpc) is 3.68. The minimum absolute atomic E-state index is 0.0240. The molecule has 14 heteroatoms. The number of aromatic nitrogens is 7. The monoisotopic (exact) mass is 546 g/mol. The van der Waals surface area contributed by atoms with Gasteiger partial charge in [0.05, 0.1) is 46.0 Å². The summed E-state index contributed by atoms with van der Waals surface area (Å²) in [7, 11) is -3.33. The van der Waals surface area contributed by atoms with E-state index in [0.29, 0.717) is 11.6 Å². The van der Waals surface area contributed by atoms with Gasteiger partial charge in [0.2, 0.25) is 16.0 Å². The number of benzene rings is 1. The molecule has 1 N–H and O–H groups in total. The number of fused-ring (bicyclic) bond motifs is 1. The number of nitrogens with one attached hydrogen (secondary N) is 1. The van der Waals surface area contributed by atoms with E-state index >= 15 is 0 Å². The minimum Gasteiger partial charge on any atom is -0.324 e. The second-order valence-corrected chi connectivity index (χ2v) is 12.1. The van der Waals surface area contributed by atoms with E-state index in [4.69, 9.17) is 4.98 Å². The summed E-state index contributed by atoms with van der Waals surface area (Å²) >= 11 is 1.53. The fourth-order valence-corrected chi connectivity index (χ4v) is 6.54. The molecular weight excluding hydrogens is 524 g/mol. The van der Waals surface area contributed by atoms with E-state index in [1.165, 1.54) is 22.0 Å². The lowest BCUT2D eigenvalue weighted by atomic mass is 9.89. The number of rotatable bonds is 8. The van der Waals surface area contributed by atoms with Gasteiger partial charge in [-0.3, -0.25) is 4.68 Å². The molecule has 0 unspecified atom stereocenters. The summed E-state index contributed by atoms with van der Waals surface area (Å²) in [5.74, 6) is 0.457. The molecule has 0 amide bonds. The van der Waals surface area contributed by atoms with Gasteiger partial charge in [0.15, 0.2) is 0 Å². The zero-order valence-corrected chi connectivity index (χ0v) is 21.9. The molecule has 0 saturated carbocycles. The van der Waals surface area contributed by atoms with Crippen molar-refractivity contribution in [1.29, 1.82) is 5.26 Å². The van der Waals surface area contributed by atoms with Gasteiger partial charge < -0.3 is 5.32 Å². The maximum absolute atomic E-state index is 12.3. The number of hydrogen-bond acceptors (Lipinski definition) is 10. The van der Waals surface area contributed by atoms with E-state index in [0.717, 1.165) is 27.2 Å². The Morgan fingerprint density at radius 2 is 1.97 bits per heavy atom. The first-order chi connectivity index (χ1) is 18.4. The highest BCUT2D eigenvalue weighted by Gasteiger charge is 2.49. The minimum atomic E-state index is -3.33. The summed E-state index contributed by atoms with van der Waals surface area (Å²) < 4.78 is 30.3. The number of nitrogens with zero attached hydrogens (tertiary/aromatic N) is 9. The van der Waals surface area contributed by atoms with Gasteiger partial charge in [-0.15, -0.1) is 11.3 Å². The molecule has 1 saturated heterocycles. The highest BCUT2D eigenvalue weighted by molar-refractivity contribution is 7.89.